The number of carbonyl (C=O) groups is 3. The van der Waals surface area contributed by atoms with Crippen LogP contribution in [0.1, 0.15) is 387 Å². The van der Waals surface area contributed by atoms with Crippen LogP contribution in [0, 0.1) is 0 Å². The van der Waals surface area contributed by atoms with Crippen molar-refractivity contribution in [2.45, 2.75) is 393 Å². The Morgan fingerprint density at radius 2 is 0.463 bits per heavy atom. The maximum Gasteiger partial charge on any atom is 0.306 e. The topological polar surface area (TPSA) is 78.9 Å². The number of rotatable bonds is 66. The predicted octanol–water partition coefficient (Wildman–Crippen LogP) is 24.5. The fraction of sp³-hybridized carbons (Fsp3) is 0.851. The van der Waals surface area contributed by atoms with E-state index in [0.717, 1.165) is 77.0 Å². The number of unbranched alkanes of at least 4 members (excludes halogenated alkanes) is 47. The minimum atomic E-state index is -0.775. The zero-order chi connectivity index (χ0) is 57.8. The summed E-state index contributed by atoms with van der Waals surface area (Å²) in [4.78, 5) is 38.4. The highest BCUT2D eigenvalue weighted by Crippen LogP contribution is 2.18. The first-order chi connectivity index (χ1) is 39.5. The zero-order valence-electron chi connectivity index (χ0n) is 53.9. The van der Waals surface area contributed by atoms with Crippen molar-refractivity contribution >= 4 is 17.9 Å². The van der Waals surface area contributed by atoms with Crippen LogP contribution < -0.4 is 0 Å². The van der Waals surface area contributed by atoms with Gasteiger partial charge in [0.15, 0.2) is 6.10 Å². The lowest BCUT2D eigenvalue weighted by atomic mass is 10.0. The second-order valence-corrected chi connectivity index (χ2v) is 24.1. The molecule has 0 bridgehead atoms. The number of ether oxygens (including phenoxy) is 3. The molecular formula is C74H136O6. The summed E-state index contributed by atoms with van der Waals surface area (Å²) in [7, 11) is 0. The smallest absolute Gasteiger partial charge is 0.306 e. The Labute approximate surface area is 498 Å². The van der Waals surface area contributed by atoms with E-state index in [4.69, 9.17) is 14.2 Å². The third-order valence-corrected chi connectivity index (χ3v) is 16.1. The van der Waals surface area contributed by atoms with Crippen molar-refractivity contribution in [1.29, 1.82) is 0 Å². The minimum Gasteiger partial charge on any atom is -0.462 e. The second kappa shape index (κ2) is 68.9. The number of hydrogen-bond donors (Lipinski definition) is 0. The second-order valence-electron chi connectivity index (χ2n) is 24.1. The van der Waals surface area contributed by atoms with E-state index in [1.807, 2.05) is 0 Å². The van der Waals surface area contributed by atoms with Crippen LogP contribution in [0.3, 0.4) is 0 Å². The first-order valence-corrected chi connectivity index (χ1v) is 35.6. The summed E-state index contributed by atoms with van der Waals surface area (Å²) in [6.07, 6.45) is 87.2. The average molecular weight is 1120 g/mol. The molecule has 0 saturated heterocycles. The van der Waals surface area contributed by atoms with Gasteiger partial charge >= 0.3 is 17.9 Å². The molecule has 0 heterocycles. The highest BCUT2D eigenvalue weighted by Gasteiger charge is 2.19. The van der Waals surface area contributed by atoms with Crippen LogP contribution in [-0.4, -0.2) is 37.2 Å². The van der Waals surface area contributed by atoms with Crippen LogP contribution in [0.15, 0.2) is 48.6 Å². The Bertz CT molecular complexity index is 1380. The van der Waals surface area contributed by atoms with Gasteiger partial charge in [0.2, 0.25) is 0 Å². The zero-order valence-corrected chi connectivity index (χ0v) is 53.9. The van der Waals surface area contributed by atoms with E-state index >= 15 is 0 Å². The molecule has 0 aromatic heterocycles. The van der Waals surface area contributed by atoms with Crippen molar-refractivity contribution in [2.24, 2.45) is 0 Å². The Balaban J connectivity index is 4.16. The van der Waals surface area contributed by atoms with Gasteiger partial charge in [0.25, 0.3) is 0 Å². The molecule has 0 aromatic rings. The molecule has 0 aliphatic carbocycles. The summed E-state index contributed by atoms with van der Waals surface area (Å²) >= 11 is 0. The fourth-order valence-corrected chi connectivity index (χ4v) is 10.7. The molecule has 0 N–H and O–H groups in total. The number of esters is 3. The van der Waals surface area contributed by atoms with Crippen molar-refractivity contribution in [3.05, 3.63) is 48.6 Å². The van der Waals surface area contributed by atoms with Crippen molar-refractivity contribution in [3.8, 4) is 0 Å². The molecule has 0 radical (unpaired) electrons. The van der Waals surface area contributed by atoms with Gasteiger partial charge in [-0.2, -0.15) is 0 Å². The molecule has 0 amide bonds. The molecular weight excluding hydrogens is 985 g/mol. The van der Waals surface area contributed by atoms with Crippen LogP contribution in [0.4, 0.5) is 0 Å². The molecule has 468 valence electrons. The Morgan fingerprint density at radius 1 is 0.250 bits per heavy atom. The molecule has 1 atom stereocenters. The lowest BCUT2D eigenvalue weighted by Gasteiger charge is -2.18. The van der Waals surface area contributed by atoms with Crippen molar-refractivity contribution < 1.29 is 28.6 Å². The van der Waals surface area contributed by atoms with E-state index in [9.17, 15) is 14.4 Å². The monoisotopic (exact) mass is 1120 g/mol. The van der Waals surface area contributed by atoms with Crippen LogP contribution in [-0.2, 0) is 28.6 Å². The summed E-state index contributed by atoms with van der Waals surface area (Å²) in [5.41, 5.74) is 0. The lowest BCUT2D eigenvalue weighted by Crippen LogP contribution is -2.30. The lowest BCUT2D eigenvalue weighted by molar-refractivity contribution is -0.167. The van der Waals surface area contributed by atoms with E-state index in [2.05, 4.69) is 69.4 Å². The molecule has 0 aliphatic heterocycles. The van der Waals surface area contributed by atoms with Gasteiger partial charge in [0, 0.05) is 19.3 Å². The summed E-state index contributed by atoms with van der Waals surface area (Å²) in [5.74, 6) is -0.856. The minimum absolute atomic E-state index is 0.0714. The first kappa shape index (κ1) is 77.4. The molecule has 0 aliphatic rings. The maximum atomic E-state index is 12.9. The van der Waals surface area contributed by atoms with Gasteiger partial charge in [0.05, 0.1) is 0 Å². The van der Waals surface area contributed by atoms with Crippen molar-refractivity contribution in [2.75, 3.05) is 13.2 Å². The maximum absolute atomic E-state index is 12.9. The third-order valence-electron chi connectivity index (χ3n) is 16.1. The molecule has 0 saturated carbocycles. The fourth-order valence-electron chi connectivity index (χ4n) is 10.7. The Morgan fingerprint density at radius 3 is 0.750 bits per heavy atom. The molecule has 6 heteroatoms. The van der Waals surface area contributed by atoms with Crippen LogP contribution in [0.2, 0.25) is 0 Å². The number of allylic oxidation sites excluding steroid dienone is 8. The quantitative estimate of drug-likeness (QED) is 0.0261. The molecule has 0 fully saturated rings. The van der Waals surface area contributed by atoms with Gasteiger partial charge < -0.3 is 14.2 Å². The number of hydrogen-bond acceptors (Lipinski definition) is 6. The Kier molecular flexibility index (Phi) is 66.6. The molecule has 0 rings (SSSR count). The van der Waals surface area contributed by atoms with Gasteiger partial charge in [-0.3, -0.25) is 14.4 Å². The van der Waals surface area contributed by atoms with Crippen LogP contribution in [0.25, 0.3) is 0 Å². The summed E-state index contributed by atoms with van der Waals surface area (Å²) in [6, 6.07) is 0. The van der Waals surface area contributed by atoms with E-state index in [1.54, 1.807) is 0 Å². The SMILES string of the molecule is CCCC/C=C\CCCCCCCC(=O)OCC(COC(=O)CCCCCCCCCCCCCCCC/C=C\C/C=C\C/C=C\CCCCCCC)OC(=O)CCCCCCCCCCCCCCCCCCCCCCCC. The van der Waals surface area contributed by atoms with Gasteiger partial charge in [0.1, 0.15) is 13.2 Å². The molecule has 6 nitrogen and oxygen atoms in total. The van der Waals surface area contributed by atoms with E-state index in [1.165, 1.54) is 270 Å². The van der Waals surface area contributed by atoms with Gasteiger partial charge in [-0.25, -0.2) is 0 Å². The van der Waals surface area contributed by atoms with Crippen LogP contribution >= 0.6 is 0 Å². The third kappa shape index (κ3) is 66.2. The van der Waals surface area contributed by atoms with Crippen molar-refractivity contribution in [1.82, 2.24) is 0 Å². The van der Waals surface area contributed by atoms with Crippen molar-refractivity contribution in [3.63, 3.8) is 0 Å². The molecule has 0 spiro atoms. The largest absolute Gasteiger partial charge is 0.462 e. The van der Waals surface area contributed by atoms with E-state index in [-0.39, 0.29) is 31.1 Å². The van der Waals surface area contributed by atoms with E-state index in [0.29, 0.717) is 19.3 Å². The highest BCUT2D eigenvalue weighted by atomic mass is 16.6. The average Bonchev–Trinajstić information content (AvgIpc) is 3.46. The molecule has 80 heavy (non-hydrogen) atoms. The van der Waals surface area contributed by atoms with Crippen LogP contribution in [0.5, 0.6) is 0 Å². The number of carbonyl (C=O) groups excluding carboxylic acids is 3. The van der Waals surface area contributed by atoms with Gasteiger partial charge in [-0.1, -0.05) is 339 Å². The molecule has 0 aromatic carbocycles. The van der Waals surface area contributed by atoms with Gasteiger partial charge in [-0.05, 0) is 77.0 Å². The normalized spacial score (nSPS) is 12.3. The Hall–Kier alpha value is -2.63. The summed E-state index contributed by atoms with van der Waals surface area (Å²) < 4.78 is 17.0. The summed E-state index contributed by atoms with van der Waals surface area (Å²) in [6.45, 7) is 6.65. The first-order valence-electron chi connectivity index (χ1n) is 35.6. The highest BCUT2D eigenvalue weighted by molar-refractivity contribution is 5.71. The summed E-state index contributed by atoms with van der Waals surface area (Å²) in [5, 5.41) is 0. The predicted molar refractivity (Wildman–Crippen MR) is 349 cm³/mol. The molecule has 1 unspecified atom stereocenters. The standard InChI is InChI=1S/C74H136O6/c1-4-7-10-13-16-19-22-24-26-28-30-32-34-35-36-37-38-39-40-42-43-45-47-49-52-55-58-61-64-67-73(76)79-70-71(69-78-72(75)66-63-60-57-54-51-21-18-15-12-9-6-3)80-74(77)68-65-62-59-56-53-50-48-46-44-41-33-31-29-27-25-23-20-17-14-11-8-5-2/h15,18,22,24,28,30,34-35,71H,4-14,16-17,19-21,23,25-27,29,31-33,36-70H2,1-3H3/b18-15-,24-22-,30-28-,35-34-. The van der Waals surface area contributed by atoms with E-state index < -0.39 is 6.10 Å². The van der Waals surface area contributed by atoms with Gasteiger partial charge in [-0.15, -0.1) is 0 Å².